The molecule has 164 valence electrons. The normalized spacial score (nSPS) is 16.9. The summed E-state index contributed by atoms with van der Waals surface area (Å²) in [6.07, 6.45) is 11.1. The molecule has 32 heavy (non-hydrogen) atoms. The second-order valence-electron chi connectivity index (χ2n) is 7.87. The first-order chi connectivity index (χ1) is 14.2. The van der Waals surface area contributed by atoms with Crippen molar-refractivity contribution in [2.45, 2.75) is 29.5 Å². The third kappa shape index (κ3) is 5.36. The van der Waals surface area contributed by atoms with E-state index in [4.69, 9.17) is 0 Å². The first-order valence-electron chi connectivity index (χ1n) is 10.5. The van der Waals surface area contributed by atoms with Crippen LogP contribution in [0.25, 0.3) is 0 Å². The van der Waals surface area contributed by atoms with E-state index in [1.807, 2.05) is 0 Å². The van der Waals surface area contributed by atoms with Gasteiger partial charge in [0, 0.05) is 0 Å². The Kier molecular flexibility index (Phi) is 11.8. The number of hydrogen-bond donors (Lipinski definition) is 0. The van der Waals surface area contributed by atoms with Crippen molar-refractivity contribution < 1.29 is 57.7 Å². The molecular weight excluding hydrogens is 507 g/mol. The van der Waals surface area contributed by atoms with E-state index in [1.54, 1.807) is 0 Å². The molecule has 0 aromatic heterocycles. The number of rotatable bonds is 7. The molecule has 0 fully saturated rings. The number of hydrogen-bond acceptors (Lipinski definition) is 0. The summed E-state index contributed by atoms with van der Waals surface area (Å²) >= 11 is 2.46. The van der Waals surface area contributed by atoms with Crippen LogP contribution in [0.5, 0.6) is 0 Å². The Morgan fingerprint density at radius 3 is 1.47 bits per heavy atom. The first-order valence-corrected chi connectivity index (χ1v) is 13.3. The second-order valence-corrected chi connectivity index (χ2v) is 14.0. The summed E-state index contributed by atoms with van der Waals surface area (Å²) in [7, 11) is -2.36. The van der Waals surface area contributed by atoms with Gasteiger partial charge in [0.05, 0.1) is 0 Å². The van der Waals surface area contributed by atoms with E-state index in [1.165, 1.54) is 40.4 Å². The van der Waals surface area contributed by atoms with Gasteiger partial charge in [-0.15, -0.1) is 0 Å². The summed E-state index contributed by atoms with van der Waals surface area (Å²) in [5, 5.41) is 4.41. The van der Waals surface area contributed by atoms with Crippen molar-refractivity contribution in [1.29, 1.82) is 0 Å². The molecule has 5 heteroatoms. The minimum Gasteiger partial charge on any atom is -1.00 e. The third-order valence-electron chi connectivity index (χ3n) is 6.03. The predicted octanol–water partition coefficient (Wildman–Crippen LogP) is -3.90. The molecule has 1 aliphatic carbocycles. The molecule has 0 spiro atoms. The van der Waals surface area contributed by atoms with Gasteiger partial charge in [-0.05, 0) is 0 Å². The van der Waals surface area contributed by atoms with Gasteiger partial charge in [0.1, 0.15) is 0 Å². The van der Waals surface area contributed by atoms with Gasteiger partial charge in [0.2, 0.25) is 0 Å². The maximum atomic E-state index is 2.59. The van der Waals surface area contributed by atoms with E-state index in [0.29, 0.717) is 0 Å². The van der Waals surface area contributed by atoms with Crippen molar-refractivity contribution in [3.05, 3.63) is 115 Å². The molecule has 0 saturated carbocycles. The second kappa shape index (κ2) is 13.0. The fourth-order valence-corrected chi connectivity index (χ4v) is 12.4. The number of allylic oxidation sites excluding steroid dienone is 4. The van der Waals surface area contributed by atoms with Crippen LogP contribution in [0, 0.1) is 0 Å². The van der Waals surface area contributed by atoms with Crippen molar-refractivity contribution in [2.75, 3.05) is 0 Å². The van der Waals surface area contributed by atoms with Crippen LogP contribution in [-0.2, 0) is 20.4 Å². The molecule has 0 heterocycles. The quantitative estimate of drug-likeness (QED) is 0.215. The van der Waals surface area contributed by atoms with Gasteiger partial charge in [-0.25, -0.2) is 0 Å². The van der Waals surface area contributed by atoms with Gasteiger partial charge in [-0.2, -0.15) is 0 Å². The molecule has 0 amide bonds. The number of unbranched alkanes of at least 4 members (excludes halogenated alkanes) is 1. The van der Waals surface area contributed by atoms with Crippen LogP contribution in [0.4, 0.5) is 0 Å². The third-order valence-corrected chi connectivity index (χ3v) is 13.4. The summed E-state index contributed by atoms with van der Waals surface area (Å²) in [5.41, 5.74) is 1.49. The van der Waals surface area contributed by atoms with Crippen LogP contribution in [0.15, 0.2) is 115 Å². The Hall–Kier alpha value is -1.06. The Labute approximate surface area is 224 Å². The summed E-state index contributed by atoms with van der Waals surface area (Å²) in [6.45, 7) is 2.27. The van der Waals surface area contributed by atoms with Crippen molar-refractivity contribution in [3.8, 4) is 0 Å². The zero-order chi connectivity index (χ0) is 20.2. The number of halogens is 3. The zero-order valence-corrected chi connectivity index (χ0v) is 23.0. The molecule has 3 aromatic rings. The monoisotopic (exact) mass is 532 g/mol. The van der Waals surface area contributed by atoms with E-state index in [0.717, 1.165) is 0 Å². The van der Waals surface area contributed by atoms with Gasteiger partial charge in [0.25, 0.3) is 0 Å². The van der Waals surface area contributed by atoms with Crippen LogP contribution < -0.4 is 52.8 Å². The van der Waals surface area contributed by atoms with Gasteiger partial charge in [0.15, 0.2) is 0 Å². The molecule has 1 aliphatic rings. The molecule has 0 aliphatic heterocycles. The molecular formula is C27H27Cl3SiTi. The SMILES string of the molecule is CCCCC1=C[C]([Ti+3])([Si](c2ccccc2)(c2ccccc2)c2ccccc2)C=C1.[Cl-].[Cl-].[Cl-]. The van der Waals surface area contributed by atoms with E-state index in [-0.39, 0.29) is 40.6 Å². The van der Waals surface area contributed by atoms with Crippen molar-refractivity contribution >= 4 is 23.6 Å². The maximum absolute atomic E-state index is 2.59. The van der Waals surface area contributed by atoms with Gasteiger partial charge < -0.3 is 37.2 Å². The minimum atomic E-state index is -2.36. The first kappa shape index (κ1) is 29.0. The summed E-state index contributed by atoms with van der Waals surface area (Å²) in [6, 6.07) is 33.7. The smallest absolute Gasteiger partial charge is 1.00 e. The molecule has 0 nitrogen and oxygen atoms in total. The van der Waals surface area contributed by atoms with Gasteiger partial charge in [-0.1, -0.05) is 0 Å². The Morgan fingerprint density at radius 1 is 0.688 bits per heavy atom. The van der Waals surface area contributed by atoms with Crippen LogP contribution >= 0.6 is 0 Å². The molecule has 0 N–H and O–H groups in total. The zero-order valence-electron chi connectivity index (χ0n) is 18.1. The topological polar surface area (TPSA) is 0 Å². The van der Waals surface area contributed by atoms with Crippen LogP contribution in [0.3, 0.4) is 0 Å². The average Bonchev–Trinajstić information content (AvgIpc) is 3.17. The fraction of sp³-hybridized carbons (Fsp3) is 0.185. The van der Waals surface area contributed by atoms with Crippen LogP contribution in [0.2, 0.25) is 3.34 Å². The molecule has 0 bridgehead atoms. The predicted molar refractivity (Wildman–Crippen MR) is 123 cm³/mol. The maximum Gasteiger partial charge on any atom is -1.00 e. The fourth-order valence-electron chi connectivity index (χ4n) is 4.68. The van der Waals surface area contributed by atoms with E-state index in [2.05, 4.69) is 137 Å². The van der Waals surface area contributed by atoms with E-state index >= 15 is 0 Å². The summed E-state index contributed by atoms with van der Waals surface area (Å²) in [5.74, 6) is 0. The van der Waals surface area contributed by atoms with Crippen LogP contribution in [0.1, 0.15) is 26.2 Å². The Balaban J connectivity index is 0.00000171. The summed E-state index contributed by atoms with van der Waals surface area (Å²) < 4.78 is -0.0138. The molecule has 3 aromatic carbocycles. The average molecular weight is 534 g/mol. The van der Waals surface area contributed by atoms with Gasteiger partial charge in [-0.3, -0.25) is 0 Å². The molecule has 1 atom stereocenters. The standard InChI is InChI=1S/C27H27Si.3ClH.Ti/c1-2-3-13-23-20-21-27(22-23)28(24-14-7-4-8-15-24,25-16-9-5-10-17-25)26-18-11-6-12-19-26;;;;/h4-12,14-22H,2-3,13H2,1H3;3*1H;/q;;;;+3/p-3. The molecule has 0 radical (unpaired) electrons. The minimum absolute atomic E-state index is 0. The number of benzene rings is 3. The van der Waals surface area contributed by atoms with Crippen LogP contribution in [-0.4, -0.2) is 8.07 Å². The van der Waals surface area contributed by atoms with Crippen molar-refractivity contribution in [2.24, 2.45) is 0 Å². The van der Waals surface area contributed by atoms with Crippen molar-refractivity contribution in [3.63, 3.8) is 0 Å². The molecule has 0 saturated heterocycles. The molecule has 4 rings (SSSR count). The molecule has 1 unspecified atom stereocenters. The van der Waals surface area contributed by atoms with Crippen molar-refractivity contribution in [1.82, 2.24) is 0 Å². The van der Waals surface area contributed by atoms with E-state index in [9.17, 15) is 0 Å². The van der Waals surface area contributed by atoms with E-state index < -0.39 is 8.07 Å². The largest absolute Gasteiger partial charge is 1.00 e. The van der Waals surface area contributed by atoms with Gasteiger partial charge >= 0.3 is 188 Å². The summed E-state index contributed by atoms with van der Waals surface area (Å²) in [4.78, 5) is 0. The Bertz CT molecular complexity index is 910. The Morgan fingerprint density at radius 2 is 1.09 bits per heavy atom.